The maximum atomic E-state index is 13.0. The molecule has 2 rings (SSSR count). The van der Waals surface area contributed by atoms with Gasteiger partial charge in [-0.3, -0.25) is 9.69 Å². The summed E-state index contributed by atoms with van der Waals surface area (Å²) in [5.41, 5.74) is 1.28. The SMILES string of the molecule is Cc1cc(F)ccc1C(=O)N1CCN(CCCl)CC1. The monoisotopic (exact) mass is 284 g/mol. The Kier molecular flexibility index (Phi) is 4.77. The fourth-order valence-electron chi connectivity index (χ4n) is 2.33. The normalized spacial score (nSPS) is 16.7. The standard InChI is InChI=1S/C14H18ClFN2O/c1-11-10-12(16)2-3-13(11)14(19)18-8-6-17(5-4-15)7-9-18/h2-3,10H,4-9H2,1H3. The summed E-state index contributed by atoms with van der Waals surface area (Å²) in [7, 11) is 0. The van der Waals surface area contributed by atoms with Crippen molar-refractivity contribution in [2.75, 3.05) is 38.6 Å². The minimum atomic E-state index is -0.305. The van der Waals surface area contributed by atoms with Crippen LogP contribution in [0.1, 0.15) is 15.9 Å². The van der Waals surface area contributed by atoms with Gasteiger partial charge < -0.3 is 4.90 Å². The third-order valence-corrected chi connectivity index (χ3v) is 3.65. The van der Waals surface area contributed by atoms with Gasteiger partial charge in [-0.05, 0) is 30.7 Å². The van der Waals surface area contributed by atoms with Gasteiger partial charge in [0.05, 0.1) is 0 Å². The van der Waals surface area contributed by atoms with E-state index in [0.29, 0.717) is 30.1 Å². The Bertz CT molecular complexity index is 459. The molecule has 1 aliphatic heterocycles. The van der Waals surface area contributed by atoms with E-state index in [1.165, 1.54) is 12.1 Å². The van der Waals surface area contributed by atoms with Gasteiger partial charge in [0.15, 0.2) is 0 Å². The van der Waals surface area contributed by atoms with E-state index in [1.54, 1.807) is 13.0 Å². The van der Waals surface area contributed by atoms with Crippen molar-refractivity contribution in [1.29, 1.82) is 0 Å². The van der Waals surface area contributed by atoms with Crippen LogP contribution in [-0.4, -0.2) is 54.3 Å². The number of hydrogen-bond donors (Lipinski definition) is 0. The second-order valence-electron chi connectivity index (χ2n) is 4.78. The van der Waals surface area contributed by atoms with Crippen LogP contribution in [0.15, 0.2) is 18.2 Å². The van der Waals surface area contributed by atoms with E-state index in [2.05, 4.69) is 4.90 Å². The summed E-state index contributed by atoms with van der Waals surface area (Å²) in [6, 6.07) is 4.30. The smallest absolute Gasteiger partial charge is 0.254 e. The lowest BCUT2D eigenvalue weighted by Crippen LogP contribution is -2.49. The van der Waals surface area contributed by atoms with Gasteiger partial charge in [0.1, 0.15) is 5.82 Å². The van der Waals surface area contributed by atoms with Crippen molar-refractivity contribution in [3.05, 3.63) is 35.1 Å². The maximum absolute atomic E-state index is 13.0. The van der Waals surface area contributed by atoms with Crippen LogP contribution in [0.25, 0.3) is 0 Å². The van der Waals surface area contributed by atoms with Crippen LogP contribution in [0.4, 0.5) is 4.39 Å². The molecule has 0 bridgehead atoms. The summed E-state index contributed by atoms with van der Waals surface area (Å²) in [4.78, 5) is 16.4. The zero-order chi connectivity index (χ0) is 13.8. The number of rotatable bonds is 3. The van der Waals surface area contributed by atoms with E-state index < -0.39 is 0 Å². The van der Waals surface area contributed by atoms with Crippen molar-refractivity contribution in [2.24, 2.45) is 0 Å². The van der Waals surface area contributed by atoms with E-state index in [4.69, 9.17) is 11.6 Å². The predicted molar refractivity (Wildman–Crippen MR) is 74.2 cm³/mol. The Labute approximate surface area is 117 Å². The van der Waals surface area contributed by atoms with Gasteiger partial charge in [-0.2, -0.15) is 0 Å². The Hall–Kier alpha value is -1.13. The molecular weight excluding hydrogens is 267 g/mol. The average Bonchev–Trinajstić information content (AvgIpc) is 2.39. The van der Waals surface area contributed by atoms with Crippen LogP contribution in [0.2, 0.25) is 0 Å². The predicted octanol–water partition coefficient (Wildman–Crippen LogP) is 2.13. The van der Waals surface area contributed by atoms with E-state index in [0.717, 1.165) is 19.6 Å². The highest BCUT2D eigenvalue weighted by molar-refractivity contribution is 6.18. The van der Waals surface area contributed by atoms with Crippen LogP contribution in [0.3, 0.4) is 0 Å². The zero-order valence-corrected chi connectivity index (χ0v) is 11.8. The number of carbonyl (C=O) groups is 1. The van der Waals surface area contributed by atoms with Crippen LogP contribution < -0.4 is 0 Å². The fraction of sp³-hybridized carbons (Fsp3) is 0.500. The first kappa shape index (κ1) is 14.3. The molecule has 1 saturated heterocycles. The third-order valence-electron chi connectivity index (χ3n) is 3.48. The number of nitrogens with zero attached hydrogens (tertiary/aromatic N) is 2. The van der Waals surface area contributed by atoms with Crippen LogP contribution in [0, 0.1) is 12.7 Å². The first-order valence-electron chi connectivity index (χ1n) is 6.45. The largest absolute Gasteiger partial charge is 0.336 e. The number of aryl methyl sites for hydroxylation is 1. The lowest BCUT2D eigenvalue weighted by Gasteiger charge is -2.34. The number of amides is 1. The number of piperazine rings is 1. The van der Waals surface area contributed by atoms with Gasteiger partial charge in [-0.1, -0.05) is 0 Å². The molecule has 0 unspecified atom stereocenters. The summed E-state index contributed by atoms with van der Waals surface area (Å²) < 4.78 is 13.0. The topological polar surface area (TPSA) is 23.6 Å². The van der Waals surface area contributed by atoms with Crippen molar-refractivity contribution in [2.45, 2.75) is 6.92 Å². The van der Waals surface area contributed by atoms with E-state index in [9.17, 15) is 9.18 Å². The van der Waals surface area contributed by atoms with Crippen molar-refractivity contribution >= 4 is 17.5 Å². The highest BCUT2D eigenvalue weighted by Crippen LogP contribution is 2.14. The third kappa shape index (κ3) is 3.45. The number of alkyl halides is 1. The van der Waals surface area contributed by atoms with Gasteiger partial charge in [0.25, 0.3) is 5.91 Å². The van der Waals surface area contributed by atoms with E-state index in [-0.39, 0.29) is 11.7 Å². The number of hydrogen-bond acceptors (Lipinski definition) is 2. The molecule has 3 nitrogen and oxygen atoms in total. The molecule has 1 heterocycles. The summed E-state index contributed by atoms with van der Waals surface area (Å²) in [5, 5.41) is 0. The summed E-state index contributed by atoms with van der Waals surface area (Å²) in [6.07, 6.45) is 0. The van der Waals surface area contributed by atoms with Gasteiger partial charge in [-0.25, -0.2) is 4.39 Å². The van der Waals surface area contributed by atoms with Gasteiger partial charge in [-0.15, -0.1) is 11.6 Å². The molecule has 104 valence electrons. The Morgan fingerprint density at radius 1 is 1.32 bits per heavy atom. The quantitative estimate of drug-likeness (QED) is 0.794. The highest BCUT2D eigenvalue weighted by Gasteiger charge is 2.22. The second-order valence-corrected chi connectivity index (χ2v) is 5.16. The maximum Gasteiger partial charge on any atom is 0.254 e. The van der Waals surface area contributed by atoms with Crippen molar-refractivity contribution in [3.63, 3.8) is 0 Å². The van der Waals surface area contributed by atoms with Crippen LogP contribution in [-0.2, 0) is 0 Å². The van der Waals surface area contributed by atoms with E-state index >= 15 is 0 Å². The summed E-state index contributed by atoms with van der Waals surface area (Å²) in [5.74, 6) is 0.300. The molecule has 0 atom stereocenters. The summed E-state index contributed by atoms with van der Waals surface area (Å²) in [6.45, 7) is 5.72. The molecule has 5 heteroatoms. The molecule has 1 aromatic rings. The molecule has 1 fully saturated rings. The molecule has 1 aromatic carbocycles. The molecular formula is C14H18ClFN2O. The van der Waals surface area contributed by atoms with Crippen molar-refractivity contribution < 1.29 is 9.18 Å². The Morgan fingerprint density at radius 2 is 2.00 bits per heavy atom. The van der Waals surface area contributed by atoms with Gasteiger partial charge in [0, 0.05) is 44.2 Å². The molecule has 0 aromatic heterocycles. The summed E-state index contributed by atoms with van der Waals surface area (Å²) >= 11 is 5.71. The fourth-order valence-corrected chi connectivity index (χ4v) is 2.57. The van der Waals surface area contributed by atoms with E-state index in [1.807, 2.05) is 4.90 Å². The van der Waals surface area contributed by atoms with Gasteiger partial charge >= 0.3 is 0 Å². The zero-order valence-electron chi connectivity index (χ0n) is 11.0. The minimum absolute atomic E-state index is 0.0111. The highest BCUT2D eigenvalue weighted by atomic mass is 35.5. The Morgan fingerprint density at radius 3 is 2.58 bits per heavy atom. The molecule has 0 N–H and O–H groups in total. The molecule has 0 radical (unpaired) electrons. The molecule has 0 saturated carbocycles. The molecule has 1 aliphatic rings. The molecule has 19 heavy (non-hydrogen) atoms. The van der Waals surface area contributed by atoms with Crippen molar-refractivity contribution in [1.82, 2.24) is 9.80 Å². The number of halogens is 2. The molecule has 1 amide bonds. The first-order chi connectivity index (χ1) is 9.11. The Balaban J connectivity index is 2.01. The molecule has 0 spiro atoms. The van der Waals surface area contributed by atoms with Crippen LogP contribution in [0.5, 0.6) is 0 Å². The number of carbonyl (C=O) groups excluding carboxylic acids is 1. The van der Waals surface area contributed by atoms with Crippen molar-refractivity contribution in [3.8, 4) is 0 Å². The second kappa shape index (κ2) is 6.35. The van der Waals surface area contributed by atoms with Gasteiger partial charge in [0.2, 0.25) is 0 Å². The minimum Gasteiger partial charge on any atom is -0.336 e. The average molecular weight is 285 g/mol. The first-order valence-corrected chi connectivity index (χ1v) is 6.99. The lowest BCUT2D eigenvalue weighted by molar-refractivity contribution is 0.0643. The molecule has 0 aliphatic carbocycles. The lowest BCUT2D eigenvalue weighted by atomic mass is 10.1. The number of benzene rings is 1. The van der Waals surface area contributed by atoms with Crippen LogP contribution >= 0.6 is 11.6 Å².